The van der Waals surface area contributed by atoms with Gasteiger partial charge in [-0.1, -0.05) is 0 Å². The first-order chi connectivity index (χ1) is 8.52. The normalized spacial score (nSPS) is 10.2. The molecule has 0 atom stereocenters. The summed E-state index contributed by atoms with van der Waals surface area (Å²) in [4.78, 5) is 0. The van der Waals surface area contributed by atoms with E-state index in [1.54, 1.807) is 6.92 Å². The van der Waals surface area contributed by atoms with Crippen LogP contribution in [0, 0.1) is 29.9 Å². The van der Waals surface area contributed by atoms with Crippen LogP contribution in [0.5, 0.6) is 0 Å². The van der Waals surface area contributed by atoms with Gasteiger partial charge >= 0.3 is 0 Å². The molecule has 0 aliphatic carbocycles. The van der Waals surface area contributed by atoms with Crippen molar-refractivity contribution in [3.05, 3.63) is 39.5 Å². The van der Waals surface area contributed by atoms with Crippen molar-refractivity contribution in [3.63, 3.8) is 0 Å². The van der Waals surface area contributed by atoms with Crippen molar-refractivity contribution in [1.82, 2.24) is 4.37 Å². The molecule has 3 nitrogen and oxygen atoms in total. The molecule has 1 aromatic heterocycles. The van der Waals surface area contributed by atoms with Crippen LogP contribution in [-0.4, -0.2) is 4.37 Å². The summed E-state index contributed by atoms with van der Waals surface area (Å²) < 4.78 is 30.8. The van der Waals surface area contributed by atoms with Gasteiger partial charge in [0.25, 0.3) is 0 Å². The molecule has 0 bridgehead atoms. The first kappa shape index (κ1) is 12.9. The van der Waals surface area contributed by atoms with Crippen LogP contribution in [0.3, 0.4) is 0 Å². The maximum atomic E-state index is 13.5. The highest BCUT2D eigenvalue weighted by Crippen LogP contribution is 2.30. The van der Waals surface area contributed by atoms with Crippen molar-refractivity contribution in [3.8, 4) is 6.07 Å². The Kier molecular flexibility index (Phi) is 3.59. The van der Waals surface area contributed by atoms with Gasteiger partial charge in [0.2, 0.25) is 0 Å². The predicted molar refractivity (Wildman–Crippen MR) is 68.9 cm³/mol. The smallest absolute Gasteiger partial charge is 0.149 e. The van der Waals surface area contributed by atoms with E-state index in [4.69, 9.17) is 5.26 Å². The fraction of sp³-hybridized carbons (Fsp3) is 0.0909. The molecule has 0 saturated carbocycles. The highest BCUT2D eigenvalue weighted by molar-refractivity contribution is 9.10. The molecule has 0 amide bonds. The molecule has 0 radical (unpaired) electrons. The minimum absolute atomic E-state index is 0.0865. The molecule has 1 aromatic carbocycles. The quantitative estimate of drug-likeness (QED) is 0.843. The van der Waals surface area contributed by atoms with Gasteiger partial charge in [-0.25, -0.2) is 8.78 Å². The molecule has 1 heterocycles. The summed E-state index contributed by atoms with van der Waals surface area (Å²) >= 11 is 4.03. The summed E-state index contributed by atoms with van der Waals surface area (Å²) in [5.74, 6) is -1.41. The third-order valence-electron chi connectivity index (χ3n) is 2.23. The van der Waals surface area contributed by atoms with Crippen molar-refractivity contribution >= 4 is 38.2 Å². The molecule has 0 spiro atoms. The van der Waals surface area contributed by atoms with Crippen LogP contribution in [0.15, 0.2) is 16.6 Å². The maximum Gasteiger partial charge on any atom is 0.149 e. The van der Waals surface area contributed by atoms with Crippen molar-refractivity contribution in [2.75, 3.05) is 5.32 Å². The van der Waals surface area contributed by atoms with E-state index >= 15 is 0 Å². The van der Waals surface area contributed by atoms with Gasteiger partial charge in [-0.2, -0.15) is 9.64 Å². The van der Waals surface area contributed by atoms with Gasteiger partial charge in [0.15, 0.2) is 0 Å². The molecule has 0 fully saturated rings. The average Bonchev–Trinajstić information content (AvgIpc) is 2.67. The zero-order valence-corrected chi connectivity index (χ0v) is 11.5. The standard InChI is InChI=1S/C11H6BrF2N3S/c1-5-6(4-15)11(18-17-5)16-10-2-7(12)8(13)3-9(10)14/h2-3,16H,1H3. The summed E-state index contributed by atoms with van der Waals surface area (Å²) in [7, 11) is 0. The fourth-order valence-electron chi connectivity index (χ4n) is 1.33. The zero-order chi connectivity index (χ0) is 13.3. The van der Waals surface area contributed by atoms with Gasteiger partial charge in [-0.05, 0) is 40.5 Å². The monoisotopic (exact) mass is 329 g/mol. The Balaban J connectivity index is 2.41. The fourth-order valence-corrected chi connectivity index (χ4v) is 2.43. The second-order valence-electron chi connectivity index (χ2n) is 3.46. The lowest BCUT2D eigenvalue weighted by Gasteiger charge is -2.06. The van der Waals surface area contributed by atoms with Gasteiger partial charge in [0.05, 0.1) is 15.9 Å². The van der Waals surface area contributed by atoms with Gasteiger partial charge in [0.1, 0.15) is 28.3 Å². The van der Waals surface area contributed by atoms with Crippen LogP contribution in [0.25, 0.3) is 0 Å². The molecular formula is C11H6BrF2N3S. The lowest BCUT2D eigenvalue weighted by atomic mass is 10.2. The average molecular weight is 330 g/mol. The van der Waals surface area contributed by atoms with E-state index in [0.29, 0.717) is 16.3 Å². The lowest BCUT2D eigenvalue weighted by molar-refractivity contribution is 0.581. The van der Waals surface area contributed by atoms with E-state index in [0.717, 1.165) is 17.6 Å². The van der Waals surface area contributed by atoms with E-state index in [-0.39, 0.29) is 10.2 Å². The number of rotatable bonds is 2. The summed E-state index contributed by atoms with van der Waals surface area (Å²) in [6.45, 7) is 1.69. The van der Waals surface area contributed by atoms with Crippen molar-refractivity contribution in [2.45, 2.75) is 6.92 Å². The molecule has 2 aromatic rings. The van der Waals surface area contributed by atoms with Crippen LogP contribution in [-0.2, 0) is 0 Å². The summed E-state index contributed by atoms with van der Waals surface area (Å²) in [6.07, 6.45) is 0. The third kappa shape index (κ3) is 2.35. The SMILES string of the molecule is Cc1nsc(Nc2cc(Br)c(F)cc2F)c1C#N. The number of nitrogens with zero attached hydrogens (tertiary/aromatic N) is 2. The largest absolute Gasteiger partial charge is 0.342 e. The first-order valence-electron chi connectivity index (χ1n) is 4.81. The number of aromatic nitrogens is 1. The van der Waals surface area contributed by atoms with Gasteiger partial charge in [0, 0.05) is 6.07 Å². The molecular weight excluding hydrogens is 324 g/mol. The highest BCUT2D eigenvalue weighted by atomic mass is 79.9. The summed E-state index contributed by atoms with van der Waals surface area (Å²) in [6, 6.07) is 4.04. The second-order valence-corrected chi connectivity index (χ2v) is 5.08. The van der Waals surface area contributed by atoms with Crippen LogP contribution in [0.2, 0.25) is 0 Å². The molecule has 1 N–H and O–H groups in total. The number of halogens is 3. The molecule has 7 heteroatoms. The number of aryl methyl sites for hydroxylation is 1. The number of benzene rings is 1. The Labute approximate surface area is 114 Å². The van der Waals surface area contributed by atoms with Crippen LogP contribution >= 0.6 is 27.5 Å². The number of hydrogen-bond acceptors (Lipinski definition) is 4. The summed E-state index contributed by atoms with van der Waals surface area (Å²) in [5.41, 5.74) is 1.02. The first-order valence-corrected chi connectivity index (χ1v) is 6.37. The number of hydrogen-bond donors (Lipinski definition) is 1. The number of anilines is 2. The molecule has 0 unspecified atom stereocenters. The molecule has 18 heavy (non-hydrogen) atoms. The second kappa shape index (κ2) is 5.00. The Bertz CT molecular complexity index is 648. The Morgan fingerprint density at radius 1 is 1.39 bits per heavy atom. The van der Waals surface area contributed by atoms with Crippen molar-refractivity contribution in [1.29, 1.82) is 5.26 Å². The third-order valence-corrected chi connectivity index (χ3v) is 3.69. The van der Waals surface area contributed by atoms with E-state index in [1.165, 1.54) is 6.07 Å². The Morgan fingerprint density at radius 2 is 2.11 bits per heavy atom. The van der Waals surface area contributed by atoms with E-state index < -0.39 is 11.6 Å². The zero-order valence-electron chi connectivity index (χ0n) is 9.09. The topological polar surface area (TPSA) is 48.7 Å². The Hall–Kier alpha value is -1.52. The maximum absolute atomic E-state index is 13.5. The molecule has 0 aliphatic heterocycles. The number of nitrogens with one attached hydrogen (secondary N) is 1. The molecule has 2 rings (SSSR count). The minimum Gasteiger partial charge on any atom is -0.342 e. The molecule has 0 aliphatic rings. The van der Waals surface area contributed by atoms with Crippen molar-refractivity contribution in [2.24, 2.45) is 0 Å². The van der Waals surface area contributed by atoms with Gasteiger partial charge in [-0.3, -0.25) is 0 Å². The minimum atomic E-state index is -0.731. The number of nitriles is 1. The van der Waals surface area contributed by atoms with Crippen molar-refractivity contribution < 1.29 is 8.78 Å². The van der Waals surface area contributed by atoms with Crippen LogP contribution < -0.4 is 5.32 Å². The highest BCUT2D eigenvalue weighted by Gasteiger charge is 2.14. The lowest BCUT2D eigenvalue weighted by Crippen LogP contribution is -1.95. The van der Waals surface area contributed by atoms with Crippen LogP contribution in [0.1, 0.15) is 11.3 Å². The summed E-state index contributed by atoms with van der Waals surface area (Å²) in [5, 5.41) is 12.1. The predicted octanol–water partition coefficient (Wildman–Crippen LogP) is 4.11. The van der Waals surface area contributed by atoms with E-state index in [9.17, 15) is 8.78 Å². The van der Waals surface area contributed by atoms with Gasteiger partial charge in [-0.15, -0.1) is 0 Å². The molecule has 0 saturated heterocycles. The Morgan fingerprint density at radius 3 is 2.78 bits per heavy atom. The van der Waals surface area contributed by atoms with E-state index in [1.807, 2.05) is 6.07 Å². The molecule has 92 valence electrons. The van der Waals surface area contributed by atoms with E-state index in [2.05, 4.69) is 25.6 Å². The van der Waals surface area contributed by atoms with Crippen LogP contribution in [0.4, 0.5) is 19.5 Å². The van der Waals surface area contributed by atoms with Gasteiger partial charge < -0.3 is 5.32 Å².